The summed E-state index contributed by atoms with van der Waals surface area (Å²) < 4.78 is 10.8. The van der Waals surface area contributed by atoms with Crippen molar-refractivity contribution in [2.45, 2.75) is 18.9 Å². The standard InChI is InChI=1S/C9H12N2O2/c1-2-8(12-5-1)6-13-9-3-4-10-7-11-9/h3-4,7-8H,1-2,5-6H2. The van der Waals surface area contributed by atoms with Gasteiger partial charge in [-0.1, -0.05) is 0 Å². The second kappa shape index (κ2) is 4.18. The van der Waals surface area contributed by atoms with Crippen LogP contribution in [0.4, 0.5) is 0 Å². The molecular weight excluding hydrogens is 168 g/mol. The van der Waals surface area contributed by atoms with E-state index in [1.54, 1.807) is 12.3 Å². The highest BCUT2D eigenvalue weighted by Crippen LogP contribution is 2.13. The Bertz CT molecular complexity index is 247. The highest BCUT2D eigenvalue weighted by molar-refractivity contribution is 5.04. The van der Waals surface area contributed by atoms with E-state index in [1.165, 1.54) is 6.33 Å². The Hall–Kier alpha value is -1.16. The lowest BCUT2D eigenvalue weighted by Gasteiger charge is -2.09. The predicted molar refractivity (Wildman–Crippen MR) is 46.5 cm³/mol. The average Bonchev–Trinajstić information content (AvgIpc) is 2.69. The number of nitrogens with zero attached hydrogens (tertiary/aromatic N) is 2. The maximum Gasteiger partial charge on any atom is 0.216 e. The molecule has 2 rings (SSSR count). The van der Waals surface area contributed by atoms with Crippen LogP contribution in [0.15, 0.2) is 18.6 Å². The van der Waals surface area contributed by atoms with Crippen LogP contribution >= 0.6 is 0 Å². The molecule has 1 aromatic heterocycles. The van der Waals surface area contributed by atoms with Crippen molar-refractivity contribution in [1.29, 1.82) is 0 Å². The molecule has 1 aromatic rings. The fourth-order valence-corrected chi connectivity index (χ4v) is 1.32. The van der Waals surface area contributed by atoms with Crippen LogP contribution in [0.2, 0.25) is 0 Å². The van der Waals surface area contributed by atoms with Gasteiger partial charge in [0.05, 0.1) is 6.10 Å². The molecule has 0 N–H and O–H groups in total. The molecular formula is C9H12N2O2. The third-order valence-electron chi connectivity index (χ3n) is 2.00. The molecule has 1 aliphatic rings. The second-order valence-electron chi connectivity index (χ2n) is 2.99. The molecule has 4 heteroatoms. The SMILES string of the molecule is c1cc(OCC2CCCO2)ncn1. The monoisotopic (exact) mass is 180 g/mol. The molecule has 0 amide bonds. The molecule has 0 radical (unpaired) electrons. The molecule has 0 bridgehead atoms. The predicted octanol–water partition coefficient (Wildman–Crippen LogP) is 1.03. The van der Waals surface area contributed by atoms with Gasteiger partial charge in [-0.05, 0) is 12.8 Å². The highest BCUT2D eigenvalue weighted by atomic mass is 16.5. The van der Waals surface area contributed by atoms with E-state index in [0.29, 0.717) is 12.5 Å². The second-order valence-corrected chi connectivity index (χ2v) is 2.99. The summed E-state index contributed by atoms with van der Waals surface area (Å²) in [5, 5.41) is 0. The first kappa shape index (κ1) is 8.44. The van der Waals surface area contributed by atoms with Crippen molar-refractivity contribution in [3.05, 3.63) is 18.6 Å². The zero-order valence-electron chi connectivity index (χ0n) is 7.35. The molecule has 4 nitrogen and oxygen atoms in total. The van der Waals surface area contributed by atoms with Gasteiger partial charge >= 0.3 is 0 Å². The van der Waals surface area contributed by atoms with E-state index >= 15 is 0 Å². The lowest BCUT2D eigenvalue weighted by Crippen LogP contribution is -2.16. The minimum atomic E-state index is 0.245. The normalized spacial score (nSPS) is 21.7. The van der Waals surface area contributed by atoms with Crippen LogP contribution in [-0.4, -0.2) is 29.3 Å². The van der Waals surface area contributed by atoms with E-state index in [2.05, 4.69) is 9.97 Å². The van der Waals surface area contributed by atoms with Crippen LogP contribution in [0.25, 0.3) is 0 Å². The number of ether oxygens (including phenoxy) is 2. The van der Waals surface area contributed by atoms with Crippen molar-refractivity contribution in [3.63, 3.8) is 0 Å². The quantitative estimate of drug-likeness (QED) is 0.697. The first-order valence-corrected chi connectivity index (χ1v) is 4.45. The maximum atomic E-state index is 5.41. The van der Waals surface area contributed by atoms with Gasteiger partial charge < -0.3 is 9.47 Å². The fraction of sp³-hybridized carbons (Fsp3) is 0.556. The minimum absolute atomic E-state index is 0.245. The van der Waals surface area contributed by atoms with Gasteiger partial charge in [0.2, 0.25) is 5.88 Å². The lowest BCUT2D eigenvalue weighted by atomic mass is 10.2. The van der Waals surface area contributed by atoms with E-state index in [1.807, 2.05) is 0 Å². The maximum absolute atomic E-state index is 5.41. The van der Waals surface area contributed by atoms with E-state index in [-0.39, 0.29) is 6.10 Å². The van der Waals surface area contributed by atoms with Gasteiger partial charge in [-0.2, -0.15) is 0 Å². The van der Waals surface area contributed by atoms with Gasteiger partial charge in [-0.15, -0.1) is 0 Å². The molecule has 1 fully saturated rings. The summed E-state index contributed by atoms with van der Waals surface area (Å²) in [6.45, 7) is 1.45. The number of hydrogen-bond donors (Lipinski definition) is 0. The largest absolute Gasteiger partial charge is 0.475 e. The molecule has 13 heavy (non-hydrogen) atoms. The van der Waals surface area contributed by atoms with Crippen molar-refractivity contribution in [1.82, 2.24) is 9.97 Å². The molecule has 0 spiro atoms. The smallest absolute Gasteiger partial charge is 0.216 e. The molecule has 0 saturated carbocycles. The van der Waals surface area contributed by atoms with Crippen LogP contribution in [-0.2, 0) is 4.74 Å². The van der Waals surface area contributed by atoms with E-state index in [9.17, 15) is 0 Å². The molecule has 0 aromatic carbocycles. The summed E-state index contributed by atoms with van der Waals surface area (Å²) in [6, 6.07) is 1.74. The van der Waals surface area contributed by atoms with Crippen molar-refractivity contribution in [2.24, 2.45) is 0 Å². The molecule has 1 saturated heterocycles. The van der Waals surface area contributed by atoms with E-state index in [0.717, 1.165) is 19.4 Å². The molecule has 70 valence electrons. The van der Waals surface area contributed by atoms with Gasteiger partial charge in [0.1, 0.15) is 12.9 Å². The van der Waals surface area contributed by atoms with E-state index in [4.69, 9.17) is 9.47 Å². The van der Waals surface area contributed by atoms with Gasteiger partial charge in [0, 0.05) is 18.9 Å². The van der Waals surface area contributed by atoms with Crippen molar-refractivity contribution < 1.29 is 9.47 Å². The molecule has 2 heterocycles. The minimum Gasteiger partial charge on any atom is -0.475 e. The molecule has 1 unspecified atom stereocenters. The summed E-state index contributed by atoms with van der Waals surface area (Å²) in [5.74, 6) is 0.616. The lowest BCUT2D eigenvalue weighted by molar-refractivity contribution is 0.0663. The third kappa shape index (κ3) is 2.39. The summed E-state index contributed by atoms with van der Waals surface area (Å²) in [5.41, 5.74) is 0. The summed E-state index contributed by atoms with van der Waals surface area (Å²) in [7, 11) is 0. The summed E-state index contributed by atoms with van der Waals surface area (Å²) in [4.78, 5) is 7.75. The van der Waals surface area contributed by atoms with Crippen molar-refractivity contribution in [2.75, 3.05) is 13.2 Å². The van der Waals surface area contributed by atoms with Crippen LogP contribution in [0, 0.1) is 0 Å². The van der Waals surface area contributed by atoms with Crippen molar-refractivity contribution in [3.8, 4) is 5.88 Å². The van der Waals surface area contributed by atoms with Gasteiger partial charge in [0.15, 0.2) is 0 Å². The Morgan fingerprint density at radius 1 is 1.62 bits per heavy atom. The Kier molecular flexibility index (Phi) is 2.72. The topological polar surface area (TPSA) is 44.2 Å². The Morgan fingerprint density at radius 3 is 3.31 bits per heavy atom. The van der Waals surface area contributed by atoms with E-state index < -0.39 is 0 Å². The number of rotatable bonds is 3. The zero-order valence-corrected chi connectivity index (χ0v) is 7.35. The van der Waals surface area contributed by atoms with Gasteiger partial charge in [-0.3, -0.25) is 0 Å². The number of hydrogen-bond acceptors (Lipinski definition) is 4. The van der Waals surface area contributed by atoms with Gasteiger partial charge in [0.25, 0.3) is 0 Å². The highest BCUT2D eigenvalue weighted by Gasteiger charge is 2.15. The molecule has 1 atom stereocenters. The van der Waals surface area contributed by atoms with Crippen LogP contribution in [0.1, 0.15) is 12.8 Å². The number of aromatic nitrogens is 2. The first-order valence-electron chi connectivity index (χ1n) is 4.45. The summed E-state index contributed by atoms with van der Waals surface area (Å²) >= 11 is 0. The zero-order chi connectivity index (χ0) is 8.93. The Morgan fingerprint density at radius 2 is 2.62 bits per heavy atom. The average molecular weight is 180 g/mol. The first-order chi connectivity index (χ1) is 6.45. The summed E-state index contributed by atoms with van der Waals surface area (Å²) in [6.07, 6.45) is 5.61. The van der Waals surface area contributed by atoms with Crippen LogP contribution in [0.5, 0.6) is 5.88 Å². The Balaban J connectivity index is 1.79. The molecule has 0 aliphatic carbocycles. The Labute approximate surface area is 76.9 Å². The van der Waals surface area contributed by atoms with Gasteiger partial charge in [-0.25, -0.2) is 9.97 Å². The fourth-order valence-electron chi connectivity index (χ4n) is 1.32. The van der Waals surface area contributed by atoms with Crippen LogP contribution < -0.4 is 4.74 Å². The van der Waals surface area contributed by atoms with Crippen LogP contribution in [0.3, 0.4) is 0 Å². The molecule has 1 aliphatic heterocycles. The van der Waals surface area contributed by atoms with Crippen molar-refractivity contribution >= 4 is 0 Å². The third-order valence-corrected chi connectivity index (χ3v) is 2.00.